The van der Waals surface area contributed by atoms with Gasteiger partial charge in [-0.15, -0.1) is 0 Å². The lowest BCUT2D eigenvalue weighted by molar-refractivity contribution is 0.180. The van der Waals surface area contributed by atoms with Gasteiger partial charge in [-0.05, 0) is 124 Å². The molecule has 0 unspecified atom stereocenters. The van der Waals surface area contributed by atoms with E-state index in [1.807, 2.05) is 0 Å². The van der Waals surface area contributed by atoms with Gasteiger partial charge in [0, 0.05) is 114 Å². The Morgan fingerprint density at radius 2 is 0.427 bits per heavy atom. The molecule has 0 aliphatic rings. The van der Waals surface area contributed by atoms with Gasteiger partial charge in [-0.2, -0.15) is 9.46 Å². The Morgan fingerprint density at radius 1 is 0.240 bits per heavy atom. The second-order valence-electron chi connectivity index (χ2n) is 26.2. The molecule has 0 saturated heterocycles. The van der Waals surface area contributed by atoms with E-state index in [4.69, 9.17) is 30.4 Å². The number of aryl methyl sites for hydroxylation is 4. The number of hydrogen-bond donors (Lipinski definition) is 2. The first-order valence-corrected chi connectivity index (χ1v) is 39.5. The summed E-state index contributed by atoms with van der Waals surface area (Å²) in [7, 11) is 0. The highest BCUT2D eigenvalue weighted by atomic mass is 32.1. The van der Waals surface area contributed by atoms with Gasteiger partial charge in [0.05, 0.1) is 21.4 Å². The lowest BCUT2D eigenvalue weighted by atomic mass is 10.1. The molecule has 0 bridgehead atoms. The standard InChI is InChI=1S/2C36H62N4.2C5H5NOS/c2*1-3-5-7-9-15-19-27-37-35-23-31-39(32-24-35)29-21-17-13-11-12-14-18-22-30-40-33-25-36(26-34-40)38-28-20-16-10-8-6-4-2;2*7-6-4-2-1-3-5(6)8/h2*23-26,31-34H,3-22,27-30H2,1-2H3;2*1-4,7H. The summed E-state index contributed by atoms with van der Waals surface area (Å²) >= 11 is 9.33. The molecule has 14 heteroatoms. The van der Waals surface area contributed by atoms with E-state index in [9.17, 15) is 0 Å². The number of hydrogen-bond acceptors (Lipinski definition) is 8. The summed E-state index contributed by atoms with van der Waals surface area (Å²) in [6, 6.07) is 27.7. The summed E-state index contributed by atoms with van der Waals surface area (Å²) in [5.41, 5.74) is 0. The zero-order chi connectivity index (χ0) is 68.7. The number of rotatable bonds is 50. The van der Waals surface area contributed by atoms with Crippen LogP contribution in [-0.4, -0.2) is 64.3 Å². The average molecular weight is 1360 g/mol. The van der Waals surface area contributed by atoms with Crippen LogP contribution in [0.15, 0.2) is 167 Å². The van der Waals surface area contributed by atoms with Crippen LogP contribution in [0.1, 0.15) is 285 Å². The Kier molecular flexibility index (Phi) is 54.0. The fourth-order valence-corrected chi connectivity index (χ4v) is 11.6. The number of aromatic nitrogens is 6. The molecular weight excluding hydrogens is 1220 g/mol. The molecule has 0 aliphatic heterocycles. The lowest BCUT2D eigenvalue weighted by Gasteiger charge is -2.07. The van der Waals surface area contributed by atoms with Crippen molar-refractivity contribution in [1.29, 1.82) is 0 Å². The van der Waals surface area contributed by atoms with Gasteiger partial charge < -0.3 is 28.7 Å². The first-order valence-electron chi connectivity index (χ1n) is 38.6. The maximum atomic E-state index is 8.73. The van der Waals surface area contributed by atoms with Crippen LogP contribution < -0.4 is 21.4 Å². The van der Waals surface area contributed by atoms with Crippen molar-refractivity contribution in [3.8, 4) is 0 Å². The third-order valence-corrected chi connectivity index (χ3v) is 18.1. The highest BCUT2D eigenvalue weighted by Crippen LogP contribution is 2.13. The summed E-state index contributed by atoms with van der Waals surface area (Å²) in [4.78, 5) is 19.0. The molecule has 0 fully saturated rings. The van der Waals surface area contributed by atoms with Crippen LogP contribution in [0.4, 0.5) is 0 Å². The molecule has 0 aliphatic carbocycles. The van der Waals surface area contributed by atoms with E-state index in [1.54, 1.807) is 36.4 Å². The lowest BCUT2D eigenvalue weighted by Crippen LogP contribution is -2.06. The monoisotopic (exact) mass is 1360 g/mol. The van der Waals surface area contributed by atoms with E-state index < -0.39 is 0 Å². The Hall–Kier alpha value is -5.86. The SMILES string of the molecule is CCCCCCCCN=c1ccn(CCCCCCCCCCn2ccc(=NCCCCCCCC)cc2)cc1.CCCCCCCCN=c1ccn(CCCCCCCCCCn2ccc(=NCCCCCCCC)cc2)cc1.On1ccccc1=S.On1ccccc1=S. The van der Waals surface area contributed by atoms with Crippen molar-refractivity contribution >= 4 is 24.4 Å². The van der Waals surface area contributed by atoms with Crippen molar-refractivity contribution in [2.75, 3.05) is 26.2 Å². The van der Waals surface area contributed by atoms with E-state index >= 15 is 0 Å². The Bertz CT molecular complexity index is 2720. The fourth-order valence-electron chi connectivity index (χ4n) is 11.4. The zero-order valence-corrected chi connectivity index (χ0v) is 62.6. The second-order valence-corrected chi connectivity index (χ2v) is 27.0. The molecular formula is C82H134N10O2S2. The number of nitrogens with zero attached hydrogens (tertiary/aromatic N) is 10. The molecule has 0 spiro atoms. The third-order valence-electron chi connectivity index (χ3n) is 17.5. The van der Waals surface area contributed by atoms with Gasteiger partial charge in [0.1, 0.15) is 9.28 Å². The van der Waals surface area contributed by atoms with E-state index in [2.05, 4.69) is 169 Å². The first-order chi connectivity index (χ1) is 47.2. The van der Waals surface area contributed by atoms with E-state index in [-0.39, 0.29) is 0 Å². The van der Waals surface area contributed by atoms with Crippen molar-refractivity contribution in [3.63, 3.8) is 0 Å². The van der Waals surface area contributed by atoms with Crippen LogP contribution in [0.5, 0.6) is 0 Å². The first kappa shape index (κ1) is 84.4. The highest BCUT2D eigenvalue weighted by molar-refractivity contribution is 7.71. The number of pyridine rings is 6. The Morgan fingerprint density at radius 3 is 0.604 bits per heavy atom. The van der Waals surface area contributed by atoms with Crippen LogP contribution >= 0.6 is 24.4 Å². The predicted octanol–water partition coefficient (Wildman–Crippen LogP) is 22.2. The number of unbranched alkanes of at least 4 members (excludes halogenated alkanes) is 34. The van der Waals surface area contributed by atoms with Crippen molar-refractivity contribution in [1.82, 2.24) is 27.7 Å². The zero-order valence-electron chi connectivity index (χ0n) is 61.0. The molecule has 6 rings (SSSR count). The molecule has 0 radical (unpaired) electrons. The van der Waals surface area contributed by atoms with Crippen LogP contribution in [0.25, 0.3) is 0 Å². The van der Waals surface area contributed by atoms with Gasteiger partial charge in [-0.3, -0.25) is 20.0 Å². The highest BCUT2D eigenvalue weighted by Gasteiger charge is 2.00. The van der Waals surface area contributed by atoms with Gasteiger partial charge >= 0.3 is 0 Å². The molecule has 536 valence electrons. The van der Waals surface area contributed by atoms with E-state index in [1.165, 1.54) is 269 Å². The van der Waals surface area contributed by atoms with Gasteiger partial charge in [-0.1, -0.05) is 270 Å². The quantitative estimate of drug-likeness (QED) is 0.0225. The topological polar surface area (TPSA) is 119 Å². The molecule has 2 N–H and O–H groups in total. The maximum Gasteiger partial charge on any atom is 0.142 e. The fraction of sp³-hybridized carbons (Fsp3) is 0.634. The minimum Gasteiger partial charge on any atom is -0.428 e. The van der Waals surface area contributed by atoms with Crippen molar-refractivity contribution < 1.29 is 10.4 Å². The predicted molar refractivity (Wildman–Crippen MR) is 412 cm³/mol. The Balaban J connectivity index is 0.000000403. The molecule has 12 nitrogen and oxygen atoms in total. The molecule has 0 amide bonds. The van der Waals surface area contributed by atoms with Gasteiger partial charge in [0.2, 0.25) is 0 Å². The van der Waals surface area contributed by atoms with Gasteiger partial charge in [0.25, 0.3) is 0 Å². The summed E-state index contributed by atoms with van der Waals surface area (Å²) in [5.74, 6) is 0. The van der Waals surface area contributed by atoms with Crippen LogP contribution in [0.3, 0.4) is 0 Å². The molecule has 0 atom stereocenters. The van der Waals surface area contributed by atoms with Crippen molar-refractivity contribution in [3.05, 3.63) is 178 Å². The molecule has 6 heterocycles. The van der Waals surface area contributed by atoms with Crippen molar-refractivity contribution in [2.45, 2.75) is 311 Å². The summed E-state index contributed by atoms with van der Waals surface area (Å²) < 4.78 is 11.9. The summed E-state index contributed by atoms with van der Waals surface area (Å²) in [6.45, 7) is 17.5. The second kappa shape index (κ2) is 61.5. The molecule has 6 aromatic rings. The van der Waals surface area contributed by atoms with Crippen LogP contribution in [0.2, 0.25) is 0 Å². The van der Waals surface area contributed by atoms with E-state index in [0.717, 1.165) is 83.2 Å². The average Bonchev–Trinajstić information content (AvgIpc) is 2.47. The molecule has 0 saturated carbocycles. The minimum atomic E-state index is 0.424. The normalized spacial score (nSPS) is 10.8. The van der Waals surface area contributed by atoms with Crippen LogP contribution in [-0.2, 0) is 26.2 Å². The van der Waals surface area contributed by atoms with Gasteiger partial charge in [-0.25, -0.2) is 0 Å². The third kappa shape index (κ3) is 48.0. The smallest absolute Gasteiger partial charge is 0.142 e. The minimum absolute atomic E-state index is 0.424. The summed E-state index contributed by atoms with van der Waals surface area (Å²) in [5, 5.41) is 22.0. The molecule has 96 heavy (non-hydrogen) atoms. The van der Waals surface area contributed by atoms with Crippen LogP contribution in [0, 0.1) is 9.28 Å². The van der Waals surface area contributed by atoms with Crippen molar-refractivity contribution in [2.24, 2.45) is 20.0 Å². The summed E-state index contributed by atoms with van der Waals surface area (Å²) in [6.07, 6.45) is 74.0. The Labute approximate surface area is 593 Å². The van der Waals surface area contributed by atoms with Gasteiger partial charge in [0.15, 0.2) is 0 Å². The maximum absolute atomic E-state index is 8.73. The van der Waals surface area contributed by atoms with E-state index in [0.29, 0.717) is 9.28 Å². The molecule has 6 aromatic heterocycles. The largest absolute Gasteiger partial charge is 0.428 e. The molecule has 0 aromatic carbocycles.